The summed E-state index contributed by atoms with van der Waals surface area (Å²) in [6.07, 6.45) is -30.0. The second-order valence-corrected chi connectivity index (χ2v) is 28.3. The molecule has 5 heterocycles. The lowest BCUT2D eigenvalue weighted by molar-refractivity contribution is -0.388. The summed E-state index contributed by atoms with van der Waals surface area (Å²) < 4.78 is 54.8. The molecule has 24 nitrogen and oxygen atoms in total. The molecular formula is C58H94O24. The molecule has 10 rings (SSSR count). The highest BCUT2D eigenvalue weighted by atomic mass is 16.8. The van der Waals surface area contributed by atoms with E-state index in [9.17, 15) is 71.5 Å². The normalized spacial score (nSPS) is 55.7. The van der Waals surface area contributed by atoms with Gasteiger partial charge in [0.2, 0.25) is 0 Å². The van der Waals surface area contributed by atoms with Gasteiger partial charge in [0.05, 0.1) is 49.7 Å². The van der Waals surface area contributed by atoms with Gasteiger partial charge in [-0.05, 0) is 116 Å². The van der Waals surface area contributed by atoms with Gasteiger partial charge >= 0.3 is 0 Å². The molecule has 10 aliphatic rings. The number of carbonyl (C=O) groups excluding carboxylic acids is 1. The number of hydrogen-bond donors (Lipinski definition) is 14. The van der Waals surface area contributed by atoms with Crippen LogP contribution in [0.25, 0.3) is 0 Å². The SMILES string of the molecule is C[C@@H]1O[C@@H](O[C@@H]2[C@@H](O)[C@H](O[C@H]3CC[C@]4(C)[C@H]5CC=C6[C@@H]7CC(C)(C)CC[C@]7(C(=O)[C@H]7OC[C@H](O)[C@H](O)[C@H]7O[C@@H]7O[C@@H](C)[C@H](O)[C@@H](O)[C@H]7O)[C@H](O)C[C@@]6(C)[C@]5(C)CC[C@H]4C3(C)C)O[C@H](CO)[C@H]2O[C@@H]2OC[C@@H](O)[C@H](O)[C@H]2O)[C@H](O)[C@H](O)[C@H]1O. The van der Waals surface area contributed by atoms with Gasteiger partial charge in [-0.15, -0.1) is 0 Å². The smallest absolute Gasteiger partial charge is 0.187 e. The van der Waals surface area contributed by atoms with E-state index in [1.54, 1.807) is 0 Å². The van der Waals surface area contributed by atoms with Gasteiger partial charge in [0.25, 0.3) is 0 Å². The standard InChI is InChI=1S/C58H94O24/c1-23-34(63)38(67)41(70)50(76-23)81-45-37(66)28(61)21-74-47(45)48(73)58-17-16-53(3,4)18-26(58)25-10-11-31-55(7)14-13-33(54(5,6)30(55)12-15-56(31,8)57(25,9)19-32(58)62)79-52-43(72)46(82-51-42(71)39(68)35(64)24(2)77-51)44(29(20-59)78-52)80-49-40(69)36(65)27(60)22-75-49/h10,23-24,26-47,49-52,59-72H,11-22H2,1-9H3/t23-,24-,26-,27+,28-,29+,30-,31+,32+,33-,34-,35-,36-,37-,38+,39+,40+,41+,42+,43+,44+,45+,46+,47-,49-,50-,51-,52-,55-,56+,57+,58+/m0/s1. The largest absolute Gasteiger partial charge is 0.394 e. The van der Waals surface area contributed by atoms with E-state index in [1.165, 1.54) is 13.8 Å². The van der Waals surface area contributed by atoms with E-state index in [2.05, 4.69) is 54.5 Å². The maximum absolute atomic E-state index is 15.8. The van der Waals surface area contributed by atoms with Crippen molar-refractivity contribution in [2.45, 2.75) is 273 Å². The summed E-state index contributed by atoms with van der Waals surface area (Å²) in [4.78, 5) is 15.8. The van der Waals surface area contributed by atoms with Gasteiger partial charge in [-0.3, -0.25) is 4.79 Å². The minimum Gasteiger partial charge on any atom is -0.394 e. The Balaban J connectivity index is 0.912. The number of ether oxygens (including phenoxy) is 9. The third kappa shape index (κ3) is 10.1. The predicted octanol–water partition coefficient (Wildman–Crippen LogP) is -1.84. The number of Topliss-reactive ketones (excluding diaryl/α,β-unsaturated/α-hetero) is 1. The number of hydrogen-bond acceptors (Lipinski definition) is 24. The summed E-state index contributed by atoms with van der Waals surface area (Å²) >= 11 is 0. The Morgan fingerprint density at radius 1 is 0.561 bits per heavy atom. The zero-order chi connectivity index (χ0) is 59.9. The number of fused-ring (bicyclic) bond motifs is 7. The number of aliphatic hydroxyl groups is 14. The molecule has 5 aliphatic carbocycles. The van der Waals surface area contributed by atoms with Crippen LogP contribution in [0.15, 0.2) is 11.6 Å². The molecule has 0 spiro atoms. The number of ketones is 1. The topological polar surface area (TPSA) is 383 Å². The molecule has 5 saturated heterocycles. The Labute approximate surface area is 478 Å². The lowest BCUT2D eigenvalue weighted by Crippen LogP contribution is -2.70. The van der Waals surface area contributed by atoms with Crippen LogP contribution in [-0.4, -0.2) is 250 Å². The fraction of sp³-hybridized carbons (Fsp3) is 0.948. The van der Waals surface area contributed by atoms with Crippen molar-refractivity contribution >= 4 is 5.78 Å². The Morgan fingerprint density at radius 3 is 1.74 bits per heavy atom. The maximum Gasteiger partial charge on any atom is 0.187 e. The van der Waals surface area contributed by atoms with Gasteiger partial charge in [0, 0.05) is 0 Å². The first kappa shape index (κ1) is 63.5. The molecular weight excluding hydrogens is 1080 g/mol. The van der Waals surface area contributed by atoms with Crippen LogP contribution in [0.3, 0.4) is 0 Å². The molecule has 9 fully saturated rings. The highest BCUT2D eigenvalue weighted by molar-refractivity contribution is 5.91. The number of carbonyl (C=O) groups is 1. The minimum absolute atomic E-state index is 0.0313. The van der Waals surface area contributed by atoms with Gasteiger partial charge in [0.1, 0.15) is 104 Å². The summed E-state index contributed by atoms with van der Waals surface area (Å²) in [5.74, 6) is -0.831. The third-order valence-corrected chi connectivity index (χ3v) is 22.9. The average Bonchev–Trinajstić information content (AvgIpc) is 0.881. The van der Waals surface area contributed by atoms with Crippen molar-refractivity contribution in [3.05, 3.63) is 11.6 Å². The molecule has 470 valence electrons. The Morgan fingerprint density at radius 2 is 1.12 bits per heavy atom. The summed E-state index contributed by atoms with van der Waals surface area (Å²) in [5.41, 5.74) is -2.46. The van der Waals surface area contributed by atoms with E-state index in [0.29, 0.717) is 38.5 Å². The van der Waals surface area contributed by atoms with Crippen LogP contribution in [0.4, 0.5) is 0 Å². The van der Waals surface area contributed by atoms with E-state index >= 15 is 4.79 Å². The van der Waals surface area contributed by atoms with E-state index in [1.807, 2.05) is 0 Å². The lowest BCUT2D eigenvalue weighted by Gasteiger charge is -2.72. The van der Waals surface area contributed by atoms with Crippen LogP contribution in [0.2, 0.25) is 0 Å². The highest BCUT2D eigenvalue weighted by Gasteiger charge is 2.72. The molecule has 14 N–H and O–H groups in total. The number of aliphatic hydroxyl groups excluding tert-OH is 14. The van der Waals surface area contributed by atoms with Crippen molar-refractivity contribution in [2.75, 3.05) is 19.8 Å². The predicted molar refractivity (Wildman–Crippen MR) is 281 cm³/mol. The molecule has 0 bridgehead atoms. The summed E-state index contributed by atoms with van der Waals surface area (Å²) in [6, 6.07) is 0. The fourth-order valence-corrected chi connectivity index (χ4v) is 17.7. The molecule has 24 heteroatoms. The van der Waals surface area contributed by atoms with Crippen molar-refractivity contribution < 1.29 is 119 Å². The molecule has 0 aromatic carbocycles. The average molecular weight is 1180 g/mol. The van der Waals surface area contributed by atoms with Crippen LogP contribution in [0, 0.1) is 50.2 Å². The van der Waals surface area contributed by atoms with Gasteiger partial charge in [-0.2, -0.15) is 0 Å². The quantitative estimate of drug-likeness (QED) is 0.0798. The van der Waals surface area contributed by atoms with Crippen molar-refractivity contribution in [3.63, 3.8) is 0 Å². The van der Waals surface area contributed by atoms with Gasteiger partial charge in [-0.25, -0.2) is 0 Å². The van der Waals surface area contributed by atoms with Crippen LogP contribution in [-0.2, 0) is 47.4 Å². The van der Waals surface area contributed by atoms with E-state index in [4.69, 9.17) is 42.6 Å². The highest BCUT2D eigenvalue weighted by Crippen LogP contribution is 2.76. The first-order chi connectivity index (χ1) is 38.3. The van der Waals surface area contributed by atoms with Crippen LogP contribution in [0.5, 0.6) is 0 Å². The molecule has 5 aliphatic heterocycles. The summed E-state index contributed by atoms with van der Waals surface area (Å²) in [6.45, 7) is 16.9. The Kier molecular flexibility index (Phi) is 17.7. The van der Waals surface area contributed by atoms with Crippen LogP contribution < -0.4 is 0 Å². The zero-order valence-corrected chi connectivity index (χ0v) is 48.6. The van der Waals surface area contributed by atoms with E-state index in [0.717, 1.165) is 18.4 Å². The minimum atomic E-state index is -1.81. The molecule has 0 unspecified atom stereocenters. The second-order valence-electron chi connectivity index (χ2n) is 28.3. The van der Waals surface area contributed by atoms with Crippen molar-refractivity contribution in [3.8, 4) is 0 Å². The summed E-state index contributed by atoms with van der Waals surface area (Å²) in [5, 5.41) is 154. The Bertz CT molecular complexity index is 2310. The molecule has 82 heavy (non-hydrogen) atoms. The molecule has 32 atom stereocenters. The molecule has 0 radical (unpaired) electrons. The van der Waals surface area contributed by atoms with E-state index < -0.39 is 207 Å². The second kappa shape index (κ2) is 22.8. The number of rotatable bonds is 11. The van der Waals surface area contributed by atoms with Crippen molar-refractivity contribution in [1.82, 2.24) is 0 Å². The Hall–Kier alpha value is -1.51. The molecule has 0 aromatic rings. The summed E-state index contributed by atoms with van der Waals surface area (Å²) in [7, 11) is 0. The van der Waals surface area contributed by atoms with Gasteiger partial charge in [0.15, 0.2) is 30.9 Å². The van der Waals surface area contributed by atoms with Gasteiger partial charge in [-0.1, -0.05) is 60.1 Å². The van der Waals surface area contributed by atoms with Crippen LogP contribution in [0.1, 0.15) is 120 Å². The monoisotopic (exact) mass is 1170 g/mol. The maximum atomic E-state index is 15.8. The number of allylic oxidation sites excluding steroid dienone is 2. The molecule has 0 aromatic heterocycles. The first-order valence-electron chi connectivity index (χ1n) is 29.8. The van der Waals surface area contributed by atoms with Crippen molar-refractivity contribution in [2.24, 2.45) is 50.2 Å². The molecule has 0 amide bonds. The lowest BCUT2D eigenvalue weighted by atomic mass is 9.33. The van der Waals surface area contributed by atoms with E-state index in [-0.39, 0.29) is 29.1 Å². The van der Waals surface area contributed by atoms with Crippen molar-refractivity contribution in [1.29, 1.82) is 0 Å². The fourth-order valence-electron chi connectivity index (χ4n) is 17.7. The third-order valence-electron chi connectivity index (χ3n) is 22.9. The molecule has 4 saturated carbocycles. The zero-order valence-electron chi connectivity index (χ0n) is 48.6. The van der Waals surface area contributed by atoms with Gasteiger partial charge < -0.3 is 114 Å². The van der Waals surface area contributed by atoms with Crippen LogP contribution >= 0.6 is 0 Å². The first-order valence-corrected chi connectivity index (χ1v) is 29.8.